The van der Waals surface area contributed by atoms with Crippen molar-refractivity contribution in [2.75, 3.05) is 13.2 Å². The molecule has 10 heteroatoms. The molecule has 0 atom stereocenters. The zero-order chi connectivity index (χ0) is 22.1. The number of rotatable bonds is 8. The predicted molar refractivity (Wildman–Crippen MR) is 109 cm³/mol. The number of benzene rings is 2. The molecule has 0 fully saturated rings. The fraction of sp³-hybridized carbons (Fsp3) is 0.250. The lowest BCUT2D eigenvalue weighted by Gasteiger charge is -2.11. The van der Waals surface area contributed by atoms with Crippen LogP contribution in [0.2, 0.25) is 0 Å². The first-order chi connectivity index (χ1) is 14.2. The van der Waals surface area contributed by atoms with E-state index in [1.54, 1.807) is 50.2 Å². The molecule has 2 aromatic carbocycles. The molecule has 0 radical (unpaired) electrons. The van der Waals surface area contributed by atoms with E-state index in [9.17, 15) is 18.0 Å². The van der Waals surface area contributed by atoms with Crippen LogP contribution in [0.1, 0.15) is 23.1 Å². The Hall–Kier alpha value is -3.42. The maximum Gasteiger partial charge on any atom is 0.276 e. The summed E-state index contributed by atoms with van der Waals surface area (Å²) in [7, 11) is -3.74. The van der Waals surface area contributed by atoms with Crippen molar-refractivity contribution in [3.63, 3.8) is 0 Å². The number of aryl methyl sites for hydroxylation is 2. The van der Waals surface area contributed by atoms with Gasteiger partial charge in [-0.3, -0.25) is 20.4 Å². The Morgan fingerprint density at radius 1 is 1.03 bits per heavy atom. The second-order valence-corrected chi connectivity index (χ2v) is 8.17. The molecule has 0 saturated heterocycles. The number of nitriles is 1. The van der Waals surface area contributed by atoms with Crippen LogP contribution in [0.5, 0.6) is 5.75 Å². The highest BCUT2D eigenvalue weighted by atomic mass is 32.2. The molecule has 158 valence electrons. The number of ether oxygens (including phenoxy) is 1. The summed E-state index contributed by atoms with van der Waals surface area (Å²) in [5, 5.41) is 8.72. The van der Waals surface area contributed by atoms with Gasteiger partial charge in [0.1, 0.15) is 5.75 Å². The number of nitrogens with zero attached hydrogens (tertiary/aromatic N) is 1. The van der Waals surface area contributed by atoms with Gasteiger partial charge in [0.15, 0.2) is 6.61 Å². The monoisotopic (exact) mass is 430 g/mol. The largest absolute Gasteiger partial charge is 0.484 e. The van der Waals surface area contributed by atoms with Gasteiger partial charge >= 0.3 is 0 Å². The molecule has 0 aliphatic carbocycles. The molecule has 9 nitrogen and oxygen atoms in total. The topological polar surface area (TPSA) is 137 Å². The van der Waals surface area contributed by atoms with Crippen LogP contribution in [0, 0.1) is 25.2 Å². The van der Waals surface area contributed by atoms with Crippen LogP contribution in [0.25, 0.3) is 0 Å². The van der Waals surface area contributed by atoms with Crippen molar-refractivity contribution in [2.24, 2.45) is 0 Å². The number of hydrogen-bond donors (Lipinski definition) is 3. The van der Waals surface area contributed by atoms with Gasteiger partial charge in [-0.15, -0.1) is 0 Å². The molecule has 2 rings (SSSR count). The SMILES string of the molecule is Cc1ccc(C)c(S(=O)(=O)NCCC(=O)NNC(=O)COc2ccc(C#N)cc2)c1. The summed E-state index contributed by atoms with van der Waals surface area (Å²) in [6.45, 7) is 3.01. The van der Waals surface area contributed by atoms with Crippen LogP contribution in [0.15, 0.2) is 47.4 Å². The van der Waals surface area contributed by atoms with E-state index in [0.29, 0.717) is 16.9 Å². The first-order valence-corrected chi connectivity index (χ1v) is 10.5. The number of amides is 2. The van der Waals surface area contributed by atoms with Crippen molar-refractivity contribution < 1.29 is 22.7 Å². The number of hydrazine groups is 1. The minimum absolute atomic E-state index is 0.126. The van der Waals surface area contributed by atoms with Crippen LogP contribution in [0.3, 0.4) is 0 Å². The molecule has 0 aliphatic heterocycles. The van der Waals surface area contributed by atoms with Crippen LogP contribution < -0.4 is 20.3 Å². The van der Waals surface area contributed by atoms with Gasteiger partial charge in [-0.05, 0) is 55.3 Å². The maximum atomic E-state index is 12.4. The highest BCUT2D eigenvalue weighted by Crippen LogP contribution is 2.16. The molecular formula is C20H22N4O5S. The van der Waals surface area contributed by atoms with Crippen LogP contribution in [-0.2, 0) is 19.6 Å². The van der Waals surface area contributed by atoms with Gasteiger partial charge in [0.05, 0.1) is 16.5 Å². The standard InChI is InChI=1S/C20H22N4O5S/c1-14-3-4-15(2)18(11-14)30(27,28)22-10-9-19(25)23-24-20(26)13-29-17-7-5-16(12-21)6-8-17/h3-8,11,22H,9-10,13H2,1-2H3,(H,23,25)(H,24,26). The van der Waals surface area contributed by atoms with Gasteiger partial charge in [0.25, 0.3) is 5.91 Å². The normalized spacial score (nSPS) is 10.7. The number of hydrogen-bond acceptors (Lipinski definition) is 6. The third-order valence-electron chi connectivity index (χ3n) is 3.97. The second kappa shape index (κ2) is 10.4. The Morgan fingerprint density at radius 3 is 2.37 bits per heavy atom. The lowest BCUT2D eigenvalue weighted by Crippen LogP contribution is -2.44. The van der Waals surface area contributed by atoms with Crippen molar-refractivity contribution in [1.29, 1.82) is 5.26 Å². The molecule has 0 unspecified atom stereocenters. The average Bonchev–Trinajstić information content (AvgIpc) is 2.72. The molecule has 0 aromatic heterocycles. The van der Waals surface area contributed by atoms with E-state index in [2.05, 4.69) is 15.6 Å². The summed E-state index contributed by atoms with van der Waals surface area (Å²) in [4.78, 5) is 23.7. The van der Waals surface area contributed by atoms with E-state index < -0.39 is 21.8 Å². The minimum Gasteiger partial charge on any atom is -0.484 e. The third kappa shape index (κ3) is 6.88. The summed E-state index contributed by atoms with van der Waals surface area (Å²) < 4.78 is 32.3. The van der Waals surface area contributed by atoms with Gasteiger partial charge in [-0.1, -0.05) is 12.1 Å². The van der Waals surface area contributed by atoms with E-state index in [4.69, 9.17) is 10.00 Å². The maximum absolute atomic E-state index is 12.4. The Morgan fingerprint density at radius 2 is 1.70 bits per heavy atom. The molecule has 0 heterocycles. The molecule has 2 amide bonds. The summed E-state index contributed by atoms with van der Waals surface area (Å²) in [5.74, 6) is -0.759. The summed E-state index contributed by atoms with van der Waals surface area (Å²) in [5.41, 5.74) is 6.24. The average molecular weight is 430 g/mol. The molecule has 30 heavy (non-hydrogen) atoms. The molecule has 0 spiro atoms. The van der Waals surface area contributed by atoms with Gasteiger partial charge < -0.3 is 4.74 Å². The Balaban J connectivity index is 1.72. The van der Waals surface area contributed by atoms with Gasteiger partial charge in [-0.25, -0.2) is 13.1 Å². The van der Waals surface area contributed by atoms with Gasteiger partial charge in [0.2, 0.25) is 15.9 Å². The third-order valence-corrected chi connectivity index (χ3v) is 5.58. The number of carbonyl (C=O) groups is 2. The minimum atomic E-state index is -3.74. The molecule has 0 bridgehead atoms. The number of nitrogens with one attached hydrogen (secondary N) is 3. The van der Waals surface area contributed by atoms with E-state index >= 15 is 0 Å². The zero-order valence-corrected chi connectivity index (χ0v) is 17.4. The molecule has 0 aliphatic rings. The molecule has 0 saturated carbocycles. The smallest absolute Gasteiger partial charge is 0.276 e. The summed E-state index contributed by atoms with van der Waals surface area (Å²) >= 11 is 0. The Kier molecular flexibility index (Phi) is 7.91. The van der Waals surface area contributed by atoms with Crippen LogP contribution in [0.4, 0.5) is 0 Å². The first-order valence-electron chi connectivity index (χ1n) is 8.99. The van der Waals surface area contributed by atoms with Crippen molar-refractivity contribution in [2.45, 2.75) is 25.2 Å². The fourth-order valence-corrected chi connectivity index (χ4v) is 3.75. The van der Waals surface area contributed by atoms with Crippen molar-refractivity contribution in [3.05, 3.63) is 59.2 Å². The second-order valence-electron chi connectivity index (χ2n) is 6.44. The van der Waals surface area contributed by atoms with Crippen LogP contribution in [-0.4, -0.2) is 33.4 Å². The van der Waals surface area contributed by atoms with Crippen molar-refractivity contribution in [3.8, 4) is 11.8 Å². The highest BCUT2D eigenvalue weighted by molar-refractivity contribution is 7.89. The summed E-state index contributed by atoms with van der Waals surface area (Å²) in [6.07, 6.45) is -0.166. The Bertz CT molecular complexity index is 1060. The molecule has 3 N–H and O–H groups in total. The van der Waals surface area contributed by atoms with E-state index in [0.717, 1.165) is 5.56 Å². The zero-order valence-electron chi connectivity index (χ0n) is 16.6. The van der Waals surface area contributed by atoms with Crippen molar-refractivity contribution >= 4 is 21.8 Å². The lowest BCUT2D eigenvalue weighted by atomic mass is 10.2. The predicted octanol–water partition coefficient (Wildman–Crippen LogP) is 1.07. The Labute approximate surface area is 175 Å². The number of sulfonamides is 1. The highest BCUT2D eigenvalue weighted by Gasteiger charge is 2.17. The fourth-order valence-electron chi connectivity index (χ4n) is 2.39. The van der Waals surface area contributed by atoms with Crippen molar-refractivity contribution in [1.82, 2.24) is 15.6 Å². The van der Waals surface area contributed by atoms with Gasteiger partial charge in [0, 0.05) is 13.0 Å². The number of carbonyl (C=O) groups excluding carboxylic acids is 2. The quantitative estimate of drug-likeness (QED) is 0.536. The van der Waals surface area contributed by atoms with Crippen LogP contribution >= 0.6 is 0 Å². The van der Waals surface area contributed by atoms with E-state index in [1.807, 2.05) is 12.1 Å². The van der Waals surface area contributed by atoms with Gasteiger partial charge in [-0.2, -0.15) is 5.26 Å². The van der Waals surface area contributed by atoms with E-state index in [-0.39, 0.29) is 24.5 Å². The van der Waals surface area contributed by atoms with E-state index in [1.165, 1.54) is 0 Å². The first kappa shape index (κ1) is 22.9. The lowest BCUT2D eigenvalue weighted by molar-refractivity contribution is -0.129. The molecular weight excluding hydrogens is 408 g/mol. The summed E-state index contributed by atoms with van der Waals surface area (Å²) in [6, 6.07) is 13.3. The molecule has 2 aromatic rings.